The molecule has 116 valence electrons. The highest BCUT2D eigenvalue weighted by Crippen LogP contribution is 2.17. The van der Waals surface area contributed by atoms with E-state index in [0.717, 1.165) is 12.2 Å². The average Bonchev–Trinajstić information content (AvgIpc) is 2.55. The molecular weight excluding hydrogens is 272 g/mol. The van der Waals surface area contributed by atoms with Gasteiger partial charge in [0.05, 0.1) is 6.54 Å². The molecule has 0 spiro atoms. The quantitative estimate of drug-likeness (QED) is 0.813. The highest BCUT2D eigenvalue weighted by molar-refractivity contribution is 5.81. The van der Waals surface area contributed by atoms with Gasteiger partial charge in [-0.1, -0.05) is 48.5 Å². The zero-order chi connectivity index (χ0) is 15.9. The first-order valence-corrected chi connectivity index (χ1v) is 7.67. The Kier molecular flexibility index (Phi) is 5.59. The van der Waals surface area contributed by atoms with Gasteiger partial charge in [0.2, 0.25) is 5.91 Å². The Morgan fingerprint density at radius 2 is 1.50 bits per heavy atom. The lowest BCUT2D eigenvalue weighted by atomic mass is 10.2. The van der Waals surface area contributed by atoms with Crippen LogP contribution >= 0.6 is 0 Å². The van der Waals surface area contributed by atoms with Gasteiger partial charge in [-0.3, -0.25) is 4.79 Å². The summed E-state index contributed by atoms with van der Waals surface area (Å²) in [6, 6.07) is 20.5. The first kappa shape index (κ1) is 16.1. The number of hydrogen-bond donors (Lipinski definition) is 0. The zero-order valence-corrected chi connectivity index (χ0v) is 13.6. The van der Waals surface area contributed by atoms with Crippen LogP contribution in [0.2, 0.25) is 0 Å². The summed E-state index contributed by atoms with van der Waals surface area (Å²) in [5, 5.41) is 0. The summed E-state index contributed by atoms with van der Waals surface area (Å²) in [6.45, 7) is 5.17. The van der Waals surface area contributed by atoms with Gasteiger partial charge in [0.1, 0.15) is 0 Å². The molecule has 0 saturated carbocycles. The zero-order valence-electron chi connectivity index (χ0n) is 13.6. The Balaban J connectivity index is 2.17. The fraction of sp³-hybridized carbons (Fsp3) is 0.316. The molecule has 0 radical (unpaired) electrons. The van der Waals surface area contributed by atoms with Crippen LogP contribution < -0.4 is 4.90 Å². The Labute approximate surface area is 133 Å². The van der Waals surface area contributed by atoms with Crippen LogP contribution in [0.5, 0.6) is 0 Å². The molecule has 2 aromatic carbocycles. The number of rotatable bonds is 6. The van der Waals surface area contributed by atoms with E-state index >= 15 is 0 Å². The normalized spacial score (nSPS) is 10.5. The number of nitrogens with zero attached hydrogens (tertiary/aromatic N) is 2. The number of benzene rings is 2. The van der Waals surface area contributed by atoms with Crippen LogP contribution in [0.4, 0.5) is 5.69 Å². The molecular formula is C19H24N2O. The van der Waals surface area contributed by atoms with Gasteiger partial charge in [-0.15, -0.1) is 0 Å². The van der Waals surface area contributed by atoms with Crippen molar-refractivity contribution in [2.45, 2.75) is 26.4 Å². The minimum atomic E-state index is 0.134. The Morgan fingerprint density at radius 1 is 0.955 bits per heavy atom. The van der Waals surface area contributed by atoms with E-state index in [1.165, 1.54) is 5.56 Å². The molecule has 0 aliphatic carbocycles. The van der Waals surface area contributed by atoms with Crippen LogP contribution in [0.3, 0.4) is 0 Å². The van der Waals surface area contributed by atoms with Crippen LogP contribution in [0.1, 0.15) is 19.4 Å². The molecule has 0 aliphatic rings. The molecule has 3 nitrogen and oxygen atoms in total. The minimum absolute atomic E-state index is 0.134. The maximum Gasteiger partial charge on any atom is 0.242 e. The number of para-hydroxylation sites is 1. The Morgan fingerprint density at radius 3 is 2.05 bits per heavy atom. The molecule has 0 N–H and O–H groups in total. The SMILES string of the molecule is CC(C)N(C)C(=O)CN(Cc1ccccc1)c1ccccc1. The van der Waals surface area contributed by atoms with E-state index in [1.54, 1.807) is 4.90 Å². The smallest absolute Gasteiger partial charge is 0.242 e. The summed E-state index contributed by atoms with van der Waals surface area (Å²) < 4.78 is 0. The second-order valence-corrected chi connectivity index (χ2v) is 5.78. The van der Waals surface area contributed by atoms with Crippen LogP contribution in [-0.4, -0.2) is 30.4 Å². The van der Waals surface area contributed by atoms with Gasteiger partial charge in [-0.25, -0.2) is 0 Å². The summed E-state index contributed by atoms with van der Waals surface area (Å²) in [6.07, 6.45) is 0. The summed E-state index contributed by atoms with van der Waals surface area (Å²) in [5.41, 5.74) is 2.27. The standard InChI is InChI=1S/C19H24N2O/c1-16(2)20(3)19(22)15-21(18-12-8-5-9-13-18)14-17-10-6-4-7-11-17/h4-13,16H,14-15H2,1-3H3. The van der Waals surface area contributed by atoms with E-state index in [4.69, 9.17) is 0 Å². The molecule has 22 heavy (non-hydrogen) atoms. The van der Waals surface area contributed by atoms with Gasteiger partial charge in [0.15, 0.2) is 0 Å². The number of hydrogen-bond acceptors (Lipinski definition) is 2. The lowest BCUT2D eigenvalue weighted by Gasteiger charge is -2.28. The average molecular weight is 296 g/mol. The molecule has 0 bridgehead atoms. The van der Waals surface area contributed by atoms with Gasteiger partial charge < -0.3 is 9.80 Å². The van der Waals surface area contributed by atoms with Gasteiger partial charge >= 0.3 is 0 Å². The second-order valence-electron chi connectivity index (χ2n) is 5.78. The lowest BCUT2D eigenvalue weighted by Crippen LogP contribution is -2.41. The van der Waals surface area contributed by atoms with Crippen LogP contribution in [0, 0.1) is 0 Å². The van der Waals surface area contributed by atoms with Crippen LogP contribution in [0.15, 0.2) is 60.7 Å². The lowest BCUT2D eigenvalue weighted by molar-refractivity contribution is -0.129. The number of anilines is 1. The van der Waals surface area contributed by atoms with Gasteiger partial charge in [0.25, 0.3) is 0 Å². The minimum Gasteiger partial charge on any atom is -0.358 e. The predicted octanol–water partition coefficient (Wildman–Crippen LogP) is 3.56. The van der Waals surface area contributed by atoms with Crippen molar-refractivity contribution in [1.82, 2.24) is 4.90 Å². The number of carbonyl (C=O) groups is 1. The highest BCUT2D eigenvalue weighted by Gasteiger charge is 2.17. The topological polar surface area (TPSA) is 23.6 Å². The largest absolute Gasteiger partial charge is 0.358 e. The summed E-state index contributed by atoms with van der Waals surface area (Å²) in [5.74, 6) is 0.134. The van der Waals surface area contributed by atoms with Crippen LogP contribution in [-0.2, 0) is 11.3 Å². The molecule has 3 heteroatoms. The van der Waals surface area contributed by atoms with Crippen LogP contribution in [0.25, 0.3) is 0 Å². The van der Waals surface area contributed by atoms with Crippen molar-refractivity contribution in [1.29, 1.82) is 0 Å². The molecule has 0 unspecified atom stereocenters. The fourth-order valence-electron chi connectivity index (χ4n) is 2.24. The van der Waals surface area contributed by atoms with E-state index in [0.29, 0.717) is 6.54 Å². The number of likely N-dealkylation sites (N-methyl/N-ethyl adjacent to an activating group) is 1. The molecule has 2 aromatic rings. The molecule has 2 rings (SSSR count). The fourth-order valence-corrected chi connectivity index (χ4v) is 2.24. The first-order chi connectivity index (χ1) is 10.6. The van der Waals surface area contributed by atoms with Crippen molar-refractivity contribution in [3.8, 4) is 0 Å². The maximum atomic E-state index is 12.4. The number of amides is 1. The Bertz CT molecular complexity index is 581. The van der Waals surface area contributed by atoms with Gasteiger partial charge in [-0.2, -0.15) is 0 Å². The monoisotopic (exact) mass is 296 g/mol. The second kappa shape index (κ2) is 7.64. The van der Waals surface area contributed by atoms with Gasteiger partial charge in [0, 0.05) is 25.3 Å². The van der Waals surface area contributed by atoms with Crippen molar-refractivity contribution in [3.05, 3.63) is 66.2 Å². The van der Waals surface area contributed by atoms with E-state index in [-0.39, 0.29) is 11.9 Å². The van der Waals surface area contributed by atoms with E-state index < -0.39 is 0 Å². The molecule has 0 heterocycles. The number of carbonyl (C=O) groups excluding carboxylic acids is 1. The molecule has 0 saturated heterocycles. The molecule has 0 fully saturated rings. The van der Waals surface area contributed by atoms with E-state index in [9.17, 15) is 4.79 Å². The molecule has 0 atom stereocenters. The third-order valence-electron chi connectivity index (χ3n) is 3.83. The van der Waals surface area contributed by atoms with Crippen molar-refractivity contribution < 1.29 is 4.79 Å². The predicted molar refractivity (Wildman–Crippen MR) is 91.8 cm³/mol. The first-order valence-electron chi connectivity index (χ1n) is 7.67. The molecule has 0 aliphatic heterocycles. The van der Waals surface area contributed by atoms with Crippen molar-refractivity contribution >= 4 is 11.6 Å². The summed E-state index contributed by atoms with van der Waals surface area (Å²) in [4.78, 5) is 16.4. The molecule has 0 aromatic heterocycles. The Hall–Kier alpha value is -2.29. The van der Waals surface area contributed by atoms with Crippen molar-refractivity contribution in [3.63, 3.8) is 0 Å². The van der Waals surface area contributed by atoms with Crippen molar-refractivity contribution in [2.75, 3.05) is 18.5 Å². The third kappa shape index (κ3) is 4.35. The highest BCUT2D eigenvalue weighted by atomic mass is 16.2. The maximum absolute atomic E-state index is 12.4. The van der Waals surface area contributed by atoms with Gasteiger partial charge in [-0.05, 0) is 31.5 Å². The van der Waals surface area contributed by atoms with E-state index in [2.05, 4.69) is 17.0 Å². The van der Waals surface area contributed by atoms with E-state index in [1.807, 2.05) is 69.4 Å². The summed E-state index contributed by atoms with van der Waals surface area (Å²) >= 11 is 0. The molecule has 1 amide bonds. The van der Waals surface area contributed by atoms with Crippen molar-refractivity contribution in [2.24, 2.45) is 0 Å². The third-order valence-corrected chi connectivity index (χ3v) is 3.83. The summed E-state index contributed by atoms with van der Waals surface area (Å²) in [7, 11) is 1.86.